The number of hydrogen-bond acceptors (Lipinski definition) is 18. The van der Waals surface area contributed by atoms with Crippen molar-refractivity contribution in [3.63, 3.8) is 0 Å². The molecule has 4 N–H and O–H groups in total. The SMILES string of the molecule is CCOC(=O)[C@H](C)O.CCOC(=O)[C@H](C)OP(C)(=O)COC/C(C)=C/Cc1c(O)c2c(c(C)c1OC)COC2=O.COc1c(C)c2c(c(O)c1C/C=C(\C)COCP(C)(=O)O)C(=O)OC2. The first kappa shape index (κ1) is 56.4. The number of aliphatic hydroxyl groups is 1. The van der Waals surface area contributed by atoms with Crippen LogP contribution < -0.4 is 9.47 Å². The number of carbonyl (C=O) groups is 4. The maximum absolute atomic E-state index is 12.5. The Morgan fingerprint density at radius 1 is 0.738 bits per heavy atom. The van der Waals surface area contributed by atoms with Crippen LogP contribution in [0.2, 0.25) is 0 Å². The summed E-state index contributed by atoms with van der Waals surface area (Å²) in [5.41, 5.74) is 5.80. The Morgan fingerprint density at radius 2 is 1.14 bits per heavy atom. The Balaban J connectivity index is 0.000000390. The quantitative estimate of drug-likeness (QED) is 0.0484. The molecular weight excluding hydrogens is 894 g/mol. The second-order valence-electron chi connectivity index (χ2n) is 15.3. The van der Waals surface area contributed by atoms with Crippen molar-refractivity contribution in [2.45, 2.75) is 93.7 Å². The van der Waals surface area contributed by atoms with E-state index in [0.717, 1.165) is 22.3 Å². The van der Waals surface area contributed by atoms with E-state index in [1.54, 1.807) is 13.8 Å². The van der Waals surface area contributed by atoms with Crippen molar-refractivity contribution in [3.8, 4) is 23.0 Å². The van der Waals surface area contributed by atoms with Crippen LogP contribution in [0.1, 0.15) is 95.6 Å². The number of aromatic hydroxyl groups is 2. The van der Waals surface area contributed by atoms with Crippen molar-refractivity contribution in [2.75, 3.05) is 66.7 Å². The van der Waals surface area contributed by atoms with Crippen LogP contribution in [0.25, 0.3) is 0 Å². The summed E-state index contributed by atoms with van der Waals surface area (Å²) < 4.78 is 70.0. The van der Waals surface area contributed by atoms with Gasteiger partial charge in [-0.2, -0.15) is 0 Å². The zero-order chi connectivity index (χ0) is 49.4. The third-order valence-corrected chi connectivity index (χ3v) is 11.6. The smallest absolute Gasteiger partial charge is 0.342 e. The standard InChI is InChI=1S/C22H31O9P.C17H23O7P.C5H10O3/c1-7-29-21(24)15(4)31-32(6,26)12-28-10-13(2)8-9-16-19(23)18-17(11-30-22(18)25)14(3)20(16)27-5;1-10(7-23-9-25(4,20)21)5-6-12-15(18)14-13(8-24-17(14)19)11(2)16(12)22-3;1-3-8-5(7)4(2)6/h8,15,23H,7,9-12H2,1-6H3;5,18H,6-9H2,1-4H3,(H,20,21);4,6H,3H2,1-2H3/b13-8+;10-5+;/t15-,32?;;4-/m0.0/s1. The predicted molar refractivity (Wildman–Crippen MR) is 238 cm³/mol. The number of phenols is 2. The maximum atomic E-state index is 12.5. The third-order valence-electron chi connectivity index (χ3n) is 9.55. The zero-order valence-electron chi connectivity index (χ0n) is 39.2. The van der Waals surface area contributed by atoms with Gasteiger partial charge in [0.05, 0.1) is 40.6 Å². The summed E-state index contributed by atoms with van der Waals surface area (Å²) in [6, 6.07) is 0. The molecule has 2 heterocycles. The van der Waals surface area contributed by atoms with Crippen LogP contribution in [0, 0.1) is 13.8 Å². The summed E-state index contributed by atoms with van der Waals surface area (Å²) in [5, 5.41) is 29.6. The molecule has 0 spiro atoms. The molecule has 0 fully saturated rings. The largest absolute Gasteiger partial charge is 0.507 e. The highest BCUT2D eigenvalue weighted by Gasteiger charge is 2.33. The van der Waals surface area contributed by atoms with Gasteiger partial charge in [-0.3, -0.25) is 9.13 Å². The van der Waals surface area contributed by atoms with Crippen LogP contribution in [-0.2, 0) is 77.7 Å². The van der Waals surface area contributed by atoms with E-state index in [-0.39, 0.29) is 68.4 Å². The number of methoxy groups -OCH3 is 2. The van der Waals surface area contributed by atoms with Crippen LogP contribution in [-0.4, -0.2) is 123 Å². The molecule has 0 aromatic heterocycles. The number of fused-ring (bicyclic) bond motifs is 2. The molecule has 2 aromatic carbocycles. The number of hydrogen-bond donors (Lipinski definition) is 4. The van der Waals surface area contributed by atoms with E-state index in [2.05, 4.69) is 4.74 Å². The lowest BCUT2D eigenvalue weighted by atomic mass is 9.95. The maximum Gasteiger partial charge on any atom is 0.342 e. The predicted octanol–water partition coefficient (Wildman–Crippen LogP) is 6.39. The van der Waals surface area contributed by atoms with Gasteiger partial charge in [-0.25, -0.2) is 19.2 Å². The number of allylic oxidation sites excluding steroid dienone is 2. The minimum absolute atomic E-state index is 0.112. The van der Waals surface area contributed by atoms with E-state index in [4.69, 9.17) is 42.8 Å². The summed E-state index contributed by atoms with van der Waals surface area (Å²) in [7, 11) is -3.35. The van der Waals surface area contributed by atoms with Crippen molar-refractivity contribution >= 4 is 38.6 Å². The highest BCUT2D eigenvalue weighted by atomic mass is 31.2. The van der Waals surface area contributed by atoms with Gasteiger partial charge in [0.2, 0.25) is 14.7 Å². The number of benzene rings is 2. The first-order valence-electron chi connectivity index (χ1n) is 20.5. The fourth-order valence-electron chi connectivity index (χ4n) is 6.41. The molecule has 65 heavy (non-hydrogen) atoms. The van der Waals surface area contributed by atoms with Gasteiger partial charge in [0, 0.05) is 35.6 Å². The van der Waals surface area contributed by atoms with Crippen molar-refractivity contribution in [3.05, 3.63) is 67.8 Å². The summed E-state index contributed by atoms with van der Waals surface area (Å²) in [6.45, 7) is 17.3. The molecule has 19 nitrogen and oxygen atoms in total. The van der Waals surface area contributed by atoms with Crippen LogP contribution in [0.15, 0.2) is 23.3 Å². The first-order valence-corrected chi connectivity index (χ1v) is 25.1. The summed E-state index contributed by atoms with van der Waals surface area (Å²) in [6.07, 6.45) is 1.96. The number of carbonyl (C=O) groups excluding carboxylic acids is 4. The van der Waals surface area contributed by atoms with E-state index in [0.29, 0.717) is 53.2 Å². The molecule has 0 aliphatic carbocycles. The molecule has 21 heteroatoms. The van der Waals surface area contributed by atoms with Gasteiger partial charge in [0.25, 0.3) is 0 Å². The van der Waals surface area contributed by atoms with Crippen molar-refractivity contribution < 1.29 is 90.9 Å². The van der Waals surface area contributed by atoms with Gasteiger partial charge < -0.3 is 62.6 Å². The van der Waals surface area contributed by atoms with Gasteiger partial charge >= 0.3 is 23.9 Å². The molecule has 4 atom stereocenters. The molecular formula is C44H64O19P2. The fourth-order valence-corrected chi connectivity index (χ4v) is 8.07. The molecule has 0 saturated heterocycles. The lowest BCUT2D eigenvalue weighted by Crippen LogP contribution is -2.23. The van der Waals surface area contributed by atoms with Gasteiger partial charge in [-0.1, -0.05) is 23.3 Å². The lowest BCUT2D eigenvalue weighted by molar-refractivity contribution is -0.152. The van der Waals surface area contributed by atoms with E-state index < -0.39 is 50.8 Å². The lowest BCUT2D eigenvalue weighted by Gasteiger charge is -2.18. The number of aliphatic hydroxyl groups excluding tert-OH is 1. The summed E-state index contributed by atoms with van der Waals surface area (Å²) >= 11 is 0. The third kappa shape index (κ3) is 16.6. The van der Waals surface area contributed by atoms with Gasteiger partial charge in [0.15, 0.2) is 6.10 Å². The number of rotatable bonds is 20. The monoisotopic (exact) mass is 958 g/mol. The second kappa shape index (κ2) is 25.8. The van der Waals surface area contributed by atoms with Gasteiger partial charge in [-0.15, -0.1) is 0 Å². The molecule has 364 valence electrons. The molecule has 2 aliphatic rings. The number of ether oxygens (including phenoxy) is 8. The first-order chi connectivity index (χ1) is 30.4. The summed E-state index contributed by atoms with van der Waals surface area (Å²) in [4.78, 5) is 55.0. The highest BCUT2D eigenvalue weighted by molar-refractivity contribution is 7.58. The van der Waals surface area contributed by atoms with E-state index >= 15 is 0 Å². The minimum Gasteiger partial charge on any atom is -0.507 e. The van der Waals surface area contributed by atoms with Crippen LogP contribution >= 0.6 is 14.7 Å². The topological polar surface area (TPSA) is 266 Å². The molecule has 0 saturated carbocycles. The molecule has 2 aliphatic heterocycles. The Labute approximate surface area is 379 Å². The molecule has 2 unspecified atom stereocenters. The zero-order valence-corrected chi connectivity index (χ0v) is 41.0. The van der Waals surface area contributed by atoms with E-state index in [1.807, 2.05) is 39.8 Å². The van der Waals surface area contributed by atoms with E-state index in [9.17, 15) is 43.4 Å². The number of esters is 4. The van der Waals surface area contributed by atoms with Crippen LogP contribution in [0.3, 0.4) is 0 Å². The Hall–Kier alpha value is -4.74. The van der Waals surface area contributed by atoms with E-state index in [1.165, 1.54) is 41.4 Å². The van der Waals surface area contributed by atoms with Gasteiger partial charge in [-0.05, 0) is 79.4 Å². The fraction of sp³-hybridized carbons (Fsp3) is 0.545. The highest BCUT2D eigenvalue weighted by Crippen LogP contribution is 2.45. The second-order valence-corrected chi connectivity index (χ2v) is 20.1. The van der Waals surface area contributed by atoms with Gasteiger partial charge in [0.1, 0.15) is 66.1 Å². The number of phenolic OH excluding ortho intramolecular Hbond substituents is 2. The molecule has 0 bridgehead atoms. The number of cyclic esters (lactones) is 2. The Morgan fingerprint density at radius 3 is 1.49 bits per heavy atom. The Kier molecular flexibility index (Phi) is 22.4. The Bertz CT molecular complexity index is 2190. The average Bonchev–Trinajstić information content (AvgIpc) is 3.82. The summed E-state index contributed by atoms with van der Waals surface area (Å²) in [5.74, 6) is -1.47. The van der Waals surface area contributed by atoms with Crippen LogP contribution in [0.4, 0.5) is 0 Å². The minimum atomic E-state index is -3.20. The molecule has 2 aromatic rings. The molecule has 0 amide bonds. The molecule has 0 radical (unpaired) electrons. The van der Waals surface area contributed by atoms with Crippen molar-refractivity contribution in [2.24, 2.45) is 0 Å². The average molecular weight is 959 g/mol. The molecule has 4 rings (SSSR count). The van der Waals surface area contributed by atoms with Crippen LogP contribution in [0.5, 0.6) is 23.0 Å². The van der Waals surface area contributed by atoms with Crippen molar-refractivity contribution in [1.29, 1.82) is 0 Å². The van der Waals surface area contributed by atoms with Crippen molar-refractivity contribution in [1.82, 2.24) is 0 Å². The normalized spacial score (nSPS) is 15.8.